The first kappa shape index (κ1) is 20.1. The van der Waals surface area contributed by atoms with Crippen LogP contribution in [0.25, 0.3) is 6.08 Å². The number of halogens is 2. The van der Waals surface area contributed by atoms with E-state index in [-0.39, 0.29) is 5.75 Å². The lowest BCUT2D eigenvalue weighted by atomic mass is 10.1. The molecule has 0 spiro atoms. The Labute approximate surface area is 155 Å². The minimum atomic E-state index is -2.89. The predicted molar refractivity (Wildman–Crippen MR) is 97.6 cm³/mol. The van der Waals surface area contributed by atoms with Gasteiger partial charge in [0.15, 0.2) is 6.61 Å². The van der Waals surface area contributed by atoms with Gasteiger partial charge < -0.3 is 14.8 Å². The number of amides is 1. The van der Waals surface area contributed by atoms with Gasteiger partial charge in [0.2, 0.25) is 0 Å². The van der Waals surface area contributed by atoms with Crippen LogP contribution in [-0.2, 0) is 14.3 Å². The molecule has 1 amide bonds. The van der Waals surface area contributed by atoms with Crippen molar-refractivity contribution in [2.24, 2.45) is 0 Å². The molecular weight excluding hydrogens is 356 g/mol. The number of alkyl halides is 2. The first-order chi connectivity index (χ1) is 12.8. The Morgan fingerprint density at radius 1 is 1.07 bits per heavy atom. The Morgan fingerprint density at radius 3 is 2.41 bits per heavy atom. The highest BCUT2D eigenvalue weighted by molar-refractivity contribution is 5.94. The molecule has 0 fully saturated rings. The molecule has 0 aliphatic carbocycles. The quantitative estimate of drug-likeness (QED) is 0.585. The zero-order chi connectivity index (χ0) is 19.8. The highest BCUT2D eigenvalue weighted by Crippen LogP contribution is 2.16. The second-order valence-electron chi connectivity index (χ2n) is 5.74. The van der Waals surface area contributed by atoms with E-state index in [2.05, 4.69) is 10.1 Å². The van der Waals surface area contributed by atoms with Crippen LogP contribution in [0.4, 0.5) is 14.5 Å². The van der Waals surface area contributed by atoms with Crippen LogP contribution in [0.5, 0.6) is 5.75 Å². The van der Waals surface area contributed by atoms with Crippen LogP contribution in [0.1, 0.15) is 16.7 Å². The minimum Gasteiger partial charge on any atom is -0.452 e. The van der Waals surface area contributed by atoms with E-state index in [0.29, 0.717) is 11.3 Å². The molecule has 0 saturated carbocycles. The standard InChI is InChI=1S/C20H19F2NO4/c1-13-3-7-16(11-14(13)2)23-18(24)12-26-19(25)10-6-15-4-8-17(9-5-15)27-20(21)22/h3-11,20H,12H2,1-2H3,(H,23,24)/b10-6+. The molecule has 27 heavy (non-hydrogen) atoms. The van der Waals surface area contributed by atoms with Crippen molar-refractivity contribution >= 4 is 23.6 Å². The second kappa shape index (κ2) is 9.47. The predicted octanol–water partition coefficient (Wildman–Crippen LogP) is 4.10. The number of hydrogen-bond acceptors (Lipinski definition) is 4. The number of hydrogen-bond donors (Lipinski definition) is 1. The lowest BCUT2D eigenvalue weighted by Gasteiger charge is -2.07. The van der Waals surface area contributed by atoms with E-state index in [9.17, 15) is 18.4 Å². The lowest BCUT2D eigenvalue weighted by Crippen LogP contribution is -2.20. The molecule has 0 atom stereocenters. The van der Waals surface area contributed by atoms with E-state index in [1.807, 2.05) is 26.0 Å². The Bertz CT molecular complexity index is 832. The minimum absolute atomic E-state index is 0.0211. The van der Waals surface area contributed by atoms with Gasteiger partial charge in [-0.15, -0.1) is 0 Å². The first-order valence-electron chi connectivity index (χ1n) is 8.10. The molecule has 0 aromatic heterocycles. The summed E-state index contributed by atoms with van der Waals surface area (Å²) in [4.78, 5) is 23.5. The van der Waals surface area contributed by atoms with Gasteiger partial charge in [-0.2, -0.15) is 8.78 Å². The van der Waals surface area contributed by atoms with Crippen LogP contribution in [0, 0.1) is 13.8 Å². The van der Waals surface area contributed by atoms with Gasteiger partial charge in [-0.1, -0.05) is 18.2 Å². The maximum absolute atomic E-state index is 12.1. The zero-order valence-corrected chi connectivity index (χ0v) is 14.9. The number of carbonyl (C=O) groups excluding carboxylic acids is 2. The third kappa shape index (κ3) is 6.89. The topological polar surface area (TPSA) is 64.6 Å². The van der Waals surface area contributed by atoms with Crippen molar-refractivity contribution in [3.8, 4) is 5.75 Å². The lowest BCUT2D eigenvalue weighted by molar-refractivity contribution is -0.142. The number of ether oxygens (including phenoxy) is 2. The van der Waals surface area contributed by atoms with Gasteiger partial charge in [0.1, 0.15) is 5.75 Å². The first-order valence-corrected chi connectivity index (χ1v) is 8.10. The van der Waals surface area contributed by atoms with Gasteiger partial charge in [-0.3, -0.25) is 4.79 Å². The average Bonchev–Trinajstić information content (AvgIpc) is 2.62. The smallest absolute Gasteiger partial charge is 0.387 e. The van der Waals surface area contributed by atoms with Gasteiger partial charge in [0, 0.05) is 11.8 Å². The summed E-state index contributed by atoms with van der Waals surface area (Å²) < 4.78 is 33.2. The van der Waals surface area contributed by atoms with E-state index in [4.69, 9.17) is 4.74 Å². The van der Waals surface area contributed by atoms with Crippen molar-refractivity contribution in [2.45, 2.75) is 20.5 Å². The van der Waals surface area contributed by atoms with Crippen LogP contribution in [0.3, 0.4) is 0 Å². The van der Waals surface area contributed by atoms with Crippen LogP contribution in [0.15, 0.2) is 48.5 Å². The number of aryl methyl sites for hydroxylation is 2. The maximum atomic E-state index is 12.1. The zero-order valence-electron chi connectivity index (χ0n) is 14.9. The Hall–Kier alpha value is -3.22. The van der Waals surface area contributed by atoms with Crippen LogP contribution < -0.4 is 10.1 Å². The summed E-state index contributed by atoms with van der Waals surface area (Å²) >= 11 is 0. The molecule has 0 bridgehead atoms. The number of rotatable bonds is 7. The number of nitrogens with one attached hydrogen (secondary N) is 1. The van der Waals surface area contributed by atoms with E-state index in [0.717, 1.165) is 17.2 Å². The summed E-state index contributed by atoms with van der Waals surface area (Å²) in [6.07, 6.45) is 2.59. The molecule has 0 aliphatic heterocycles. The number of anilines is 1. The molecule has 7 heteroatoms. The summed E-state index contributed by atoms with van der Waals surface area (Å²) in [5.74, 6) is -1.13. The number of carbonyl (C=O) groups is 2. The Balaban J connectivity index is 1.80. The van der Waals surface area contributed by atoms with Crippen molar-refractivity contribution in [3.05, 3.63) is 65.2 Å². The molecule has 0 heterocycles. The third-order valence-electron chi connectivity index (χ3n) is 3.65. The monoisotopic (exact) mass is 375 g/mol. The summed E-state index contributed by atoms with van der Waals surface area (Å²) in [5, 5.41) is 2.65. The summed E-state index contributed by atoms with van der Waals surface area (Å²) in [5.41, 5.74) is 3.37. The van der Waals surface area contributed by atoms with Gasteiger partial charge in [0.25, 0.3) is 5.91 Å². The Kier molecular flexibility index (Phi) is 7.05. The molecular formula is C20H19F2NO4. The second-order valence-corrected chi connectivity index (χ2v) is 5.74. The van der Waals surface area contributed by atoms with Gasteiger partial charge >= 0.3 is 12.6 Å². The van der Waals surface area contributed by atoms with E-state index < -0.39 is 25.1 Å². The third-order valence-corrected chi connectivity index (χ3v) is 3.65. The fraction of sp³-hybridized carbons (Fsp3) is 0.200. The average molecular weight is 375 g/mol. The highest BCUT2D eigenvalue weighted by Gasteiger charge is 2.07. The molecule has 1 N–H and O–H groups in total. The van der Waals surface area contributed by atoms with Crippen molar-refractivity contribution in [1.82, 2.24) is 0 Å². The van der Waals surface area contributed by atoms with Crippen LogP contribution >= 0.6 is 0 Å². The summed E-state index contributed by atoms with van der Waals surface area (Å²) in [6, 6.07) is 11.2. The van der Waals surface area contributed by atoms with Gasteiger partial charge in [-0.05, 0) is 60.9 Å². The molecule has 2 aromatic rings. The van der Waals surface area contributed by atoms with E-state index >= 15 is 0 Å². The molecule has 0 radical (unpaired) electrons. The molecule has 0 saturated heterocycles. The van der Waals surface area contributed by atoms with Gasteiger partial charge in [-0.25, -0.2) is 4.79 Å². The maximum Gasteiger partial charge on any atom is 0.387 e. The fourth-order valence-electron chi connectivity index (χ4n) is 2.13. The number of benzene rings is 2. The molecule has 142 valence electrons. The van der Waals surface area contributed by atoms with E-state index in [1.165, 1.54) is 30.3 Å². The SMILES string of the molecule is Cc1ccc(NC(=O)COC(=O)/C=C/c2ccc(OC(F)F)cc2)cc1C. The molecule has 0 aliphatic rings. The highest BCUT2D eigenvalue weighted by atomic mass is 19.3. The summed E-state index contributed by atoms with van der Waals surface area (Å²) in [6.45, 7) is 0.588. The van der Waals surface area contributed by atoms with Crippen molar-refractivity contribution in [1.29, 1.82) is 0 Å². The van der Waals surface area contributed by atoms with Crippen LogP contribution in [-0.4, -0.2) is 25.1 Å². The molecule has 2 rings (SSSR count). The normalized spacial score (nSPS) is 10.9. The molecule has 2 aromatic carbocycles. The van der Waals surface area contributed by atoms with Crippen molar-refractivity contribution < 1.29 is 27.8 Å². The fourth-order valence-corrected chi connectivity index (χ4v) is 2.13. The van der Waals surface area contributed by atoms with Crippen molar-refractivity contribution in [3.63, 3.8) is 0 Å². The van der Waals surface area contributed by atoms with Gasteiger partial charge in [0.05, 0.1) is 0 Å². The summed E-state index contributed by atoms with van der Waals surface area (Å²) in [7, 11) is 0. The van der Waals surface area contributed by atoms with Crippen LogP contribution in [0.2, 0.25) is 0 Å². The van der Waals surface area contributed by atoms with Crippen molar-refractivity contribution in [2.75, 3.05) is 11.9 Å². The molecule has 0 unspecified atom stereocenters. The number of esters is 1. The molecule has 5 nitrogen and oxygen atoms in total. The largest absolute Gasteiger partial charge is 0.452 e. The van der Waals surface area contributed by atoms with E-state index in [1.54, 1.807) is 6.07 Å². The Morgan fingerprint density at radius 2 is 1.78 bits per heavy atom.